The quantitative estimate of drug-likeness (QED) is 0.615. The predicted octanol–water partition coefficient (Wildman–Crippen LogP) is 2.09. The molecule has 0 aliphatic heterocycles. The van der Waals surface area contributed by atoms with Gasteiger partial charge in [-0.25, -0.2) is 0 Å². The summed E-state index contributed by atoms with van der Waals surface area (Å²) in [4.78, 5) is 33.8. The Balaban J connectivity index is 2.65. The van der Waals surface area contributed by atoms with Gasteiger partial charge in [0.05, 0.1) is 17.7 Å². The number of nitrogens with zero attached hydrogens (tertiary/aromatic N) is 1. The number of nitro benzene ring substituents is 1. The number of anilines is 1. The van der Waals surface area contributed by atoms with E-state index in [0.717, 1.165) is 0 Å². The first-order chi connectivity index (χ1) is 10.6. The molecule has 0 bridgehead atoms. The summed E-state index contributed by atoms with van der Waals surface area (Å²) in [5, 5.41) is 16.0. The number of nitro groups is 1. The van der Waals surface area contributed by atoms with Gasteiger partial charge < -0.3 is 15.4 Å². The Morgan fingerprint density at radius 3 is 2.48 bits per heavy atom. The number of carbonyl (C=O) groups excluding carboxylic acids is 2. The fraction of sp³-hybridized carbons (Fsp3) is 0.467. The standard InChI is InChI=1S/C15H21N3O5/c1-15(2,3)14(20)16-8-7-13(19)17-11-9-10(18(21)22)5-6-12(11)23-4/h5-6,9H,7-8H2,1-4H3,(H,16,20)(H,17,19). The van der Waals surface area contributed by atoms with Crippen LogP contribution in [0, 0.1) is 15.5 Å². The number of rotatable bonds is 6. The van der Waals surface area contributed by atoms with Gasteiger partial charge in [0.15, 0.2) is 0 Å². The first-order valence-corrected chi connectivity index (χ1v) is 7.05. The molecule has 0 spiro atoms. The number of hydrogen-bond donors (Lipinski definition) is 2. The molecule has 0 saturated carbocycles. The zero-order valence-corrected chi connectivity index (χ0v) is 13.6. The largest absolute Gasteiger partial charge is 0.495 e. The number of methoxy groups -OCH3 is 1. The molecule has 0 fully saturated rings. The summed E-state index contributed by atoms with van der Waals surface area (Å²) >= 11 is 0. The number of amides is 2. The molecule has 1 rings (SSSR count). The number of ether oxygens (including phenoxy) is 1. The van der Waals surface area contributed by atoms with E-state index in [4.69, 9.17) is 4.74 Å². The second kappa shape index (κ2) is 7.57. The number of non-ortho nitro benzene ring substituents is 1. The number of hydrogen-bond acceptors (Lipinski definition) is 5. The average molecular weight is 323 g/mol. The molecule has 1 aromatic rings. The average Bonchev–Trinajstić information content (AvgIpc) is 2.45. The van der Waals surface area contributed by atoms with Crippen molar-refractivity contribution in [1.29, 1.82) is 0 Å². The third kappa shape index (κ3) is 5.57. The van der Waals surface area contributed by atoms with Crippen LogP contribution in [-0.2, 0) is 9.59 Å². The molecule has 0 atom stereocenters. The van der Waals surface area contributed by atoms with Crippen molar-refractivity contribution < 1.29 is 19.2 Å². The minimum absolute atomic E-state index is 0.0493. The highest BCUT2D eigenvalue weighted by Gasteiger charge is 2.20. The molecule has 23 heavy (non-hydrogen) atoms. The molecular weight excluding hydrogens is 302 g/mol. The summed E-state index contributed by atoms with van der Waals surface area (Å²) in [5.41, 5.74) is -0.462. The van der Waals surface area contributed by atoms with Crippen molar-refractivity contribution in [2.24, 2.45) is 5.41 Å². The molecule has 126 valence electrons. The summed E-state index contributed by atoms with van der Waals surface area (Å²) < 4.78 is 5.06. The van der Waals surface area contributed by atoms with E-state index in [0.29, 0.717) is 5.75 Å². The van der Waals surface area contributed by atoms with Crippen molar-refractivity contribution in [3.05, 3.63) is 28.3 Å². The normalized spacial score (nSPS) is 10.8. The highest BCUT2D eigenvalue weighted by molar-refractivity contribution is 5.93. The summed E-state index contributed by atoms with van der Waals surface area (Å²) in [6.07, 6.45) is 0.0493. The number of carbonyl (C=O) groups is 2. The second-order valence-electron chi connectivity index (χ2n) is 5.95. The predicted molar refractivity (Wildman–Crippen MR) is 85.4 cm³/mol. The van der Waals surface area contributed by atoms with Crippen LogP contribution in [-0.4, -0.2) is 30.4 Å². The van der Waals surface area contributed by atoms with E-state index in [2.05, 4.69) is 10.6 Å². The van der Waals surface area contributed by atoms with E-state index >= 15 is 0 Å². The van der Waals surface area contributed by atoms with Crippen molar-refractivity contribution in [1.82, 2.24) is 5.32 Å². The molecule has 0 aliphatic rings. The van der Waals surface area contributed by atoms with Crippen molar-refractivity contribution in [3.63, 3.8) is 0 Å². The third-order valence-electron chi connectivity index (χ3n) is 2.99. The Bertz CT molecular complexity index is 608. The van der Waals surface area contributed by atoms with Crippen LogP contribution in [0.1, 0.15) is 27.2 Å². The van der Waals surface area contributed by atoms with Crippen LogP contribution >= 0.6 is 0 Å². The van der Waals surface area contributed by atoms with E-state index in [9.17, 15) is 19.7 Å². The number of benzene rings is 1. The molecule has 0 aliphatic carbocycles. The van der Waals surface area contributed by atoms with Gasteiger partial charge in [-0.15, -0.1) is 0 Å². The van der Waals surface area contributed by atoms with Crippen LogP contribution < -0.4 is 15.4 Å². The zero-order chi connectivity index (χ0) is 17.6. The monoisotopic (exact) mass is 323 g/mol. The van der Waals surface area contributed by atoms with Gasteiger partial charge in [0, 0.05) is 30.5 Å². The van der Waals surface area contributed by atoms with Gasteiger partial charge in [0.25, 0.3) is 5.69 Å². The smallest absolute Gasteiger partial charge is 0.271 e. The molecule has 8 nitrogen and oxygen atoms in total. The fourth-order valence-electron chi connectivity index (χ4n) is 1.67. The fourth-order valence-corrected chi connectivity index (χ4v) is 1.67. The van der Waals surface area contributed by atoms with Crippen molar-refractivity contribution in [2.45, 2.75) is 27.2 Å². The van der Waals surface area contributed by atoms with Crippen LogP contribution in [0.15, 0.2) is 18.2 Å². The van der Waals surface area contributed by atoms with E-state index in [1.165, 1.54) is 25.3 Å². The van der Waals surface area contributed by atoms with Crippen molar-refractivity contribution in [3.8, 4) is 5.75 Å². The maximum Gasteiger partial charge on any atom is 0.271 e. The highest BCUT2D eigenvalue weighted by atomic mass is 16.6. The van der Waals surface area contributed by atoms with Gasteiger partial charge in [-0.3, -0.25) is 19.7 Å². The zero-order valence-electron chi connectivity index (χ0n) is 13.6. The molecule has 0 unspecified atom stereocenters. The maximum absolute atomic E-state index is 11.9. The van der Waals surface area contributed by atoms with Gasteiger partial charge >= 0.3 is 0 Å². The van der Waals surface area contributed by atoms with Crippen LogP contribution in [0.4, 0.5) is 11.4 Å². The van der Waals surface area contributed by atoms with E-state index in [1.807, 2.05) is 0 Å². The molecule has 2 amide bonds. The molecule has 0 aromatic heterocycles. The molecule has 8 heteroatoms. The summed E-state index contributed by atoms with van der Waals surface area (Å²) in [6.45, 7) is 5.50. The van der Waals surface area contributed by atoms with Crippen molar-refractivity contribution >= 4 is 23.2 Å². The molecular formula is C15H21N3O5. The molecule has 0 radical (unpaired) electrons. The molecule has 2 N–H and O–H groups in total. The lowest BCUT2D eigenvalue weighted by Crippen LogP contribution is -2.36. The van der Waals surface area contributed by atoms with Gasteiger partial charge in [-0.2, -0.15) is 0 Å². The number of nitrogens with one attached hydrogen (secondary N) is 2. The topological polar surface area (TPSA) is 111 Å². The summed E-state index contributed by atoms with van der Waals surface area (Å²) in [7, 11) is 1.40. The van der Waals surface area contributed by atoms with E-state index in [1.54, 1.807) is 20.8 Å². The van der Waals surface area contributed by atoms with Crippen LogP contribution in [0.25, 0.3) is 0 Å². The Hall–Kier alpha value is -2.64. The van der Waals surface area contributed by atoms with Gasteiger partial charge in [0.1, 0.15) is 5.75 Å². The van der Waals surface area contributed by atoms with Gasteiger partial charge in [0.2, 0.25) is 11.8 Å². The Kier molecular flexibility index (Phi) is 6.06. The first-order valence-electron chi connectivity index (χ1n) is 7.05. The Morgan fingerprint density at radius 2 is 1.96 bits per heavy atom. The second-order valence-corrected chi connectivity index (χ2v) is 5.95. The Labute approximate surface area is 134 Å². The molecule has 0 saturated heterocycles. The molecule has 1 aromatic carbocycles. The summed E-state index contributed by atoms with van der Waals surface area (Å²) in [6, 6.07) is 3.93. The van der Waals surface area contributed by atoms with E-state index < -0.39 is 10.3 Å². The van der Waals surface area contributed by atoms with Crippen LogP contribution in [0.3, 0.4) is 0 Å². The van der Waals surface area contributed by atoms with Crippen LogP contribution in [0.2, 0.25) is 0 Å². The van der Waals surface area contributed by atoms with Gasteiger partial charge in [-0.1, -0.05) is 20.8 Å². The van der Waals surface area contributed by atoms with Gasteiger partial charge in [-0.05, 0) is 6.07 Å². The molecule has 0 heterocycles. The lowest BCUT2D eigenvalue weighted by molar-refractivity contribution is -0.384. The lowest BCUT2D eigenvalue weighted by Gasteiger charge is -2.17. The minimum Gasteiger partial charge on any atom is -0.495 e. The summed E-state index contributed by atoms with van der Waals surface area (Å²) in [5.74, 6) is -0.209. The Morgan fingerprint density at radius 1 is 1.30 bits per heavy atom. The minimum atomic E-state index is -0.557. The highest BCUT2D eigenvalue weighted by Crippen LogP contribution is 2.28. The van der Waals surface area contributed by atoms with E-state index in [-0.39, 0.29) is 36.2 Å². The third-order valence-corrected chi connectivity index (χ3v) is 2.99. The maximum atomic E-state index is 11.9. The lowest BCUT2D eigenvalue weighted by atomic mass is 9.96. The SMILES string of the molecule is COc1ccc([N+](=O)[O-])cc1NC(=O)CCNC(=O)C(C)(C)C. The first kappa shape index (κ1) is 18.4. The van der Waals surface area contributed by atoms with Crippen LogP contribution in [0.5, 0.6) is 5.75 Å². The van der Waals surface area contributed by atoms with Crippen molar-refractivity contribution in [2.75, 3.05) is 19.0 Å².